The number of rotatable bonds is 4. The largest absolute Gasteiger partial charge is 0.457 e. The lowest BCUT2D eigenvalue weighted by Crippen LogP contribution is -2.09. The molecule has 0 bridgehead atoms. The summed E-state index contributed by atoms with van der Waals surface area (Å²) >= 11 is 0. The van der Waals surface area contributed by atoms with Crippen LogP contribution in [0.25, 0.3) is 0 Å². The highest BCUT2D eigenvalue weighted by Gasteiger charge is 2.10. The van der Waals surface area contributed by atoms with Crippen molar-refractivity contribution < 1.29 is 14.3 Å². The summed E-state index contributed by atoms with van der Waals surface area (Å²) in [4.78, 5) is 23.1. The van der Waals surface area contributed by atoms with Crippen molar-refractivity contribution >= 4 is 17.6 Å². The molecule has 1 amide bonds. The van der Waals surface area contributed by atoms with Gasteiger partial charge in [-0.3, -0.25) is 4.79 Å². The fourth-order valence-electron chi connectivity index (χ4n) is 1.91. The molecule has 0 saturated carbocycles. The van der Waals surface area contributed by atoms with Gasteiger partial charge in [0.05, 0.1) is 17.2 Å². The molecule has 5 nitrogen and oxygen atoms in total. The Hall–Kier alpha value is -3.13. The van der Waals surface area contributed by atoms with E-state index in [1.165, 1.54) is 6.92 Å². The van der Waals surface area contributed by atoms with Gasteiger partial charge in [-0.25, -0.2) is 4.79 Å². The number of ether oxygens (including phenoxy) is 1. The van der Waals surface area contributed by atoms with E-state index in [1.807, 2.05) is 0 Å². The van der Waals surface area contributed by atoms with Crippen molar-refractivity contribution in [3.63, 3.8) is 0 Å². The molecule has 0 saturated heterocycles. The number of carbonyl (C=O) groups is 2. The second kappa shape index (κ2) is 7.04. The Kier molecular flexibility index (Phi) is 4.89. The minimum Gasteiger partial charge on any atom is -0.457 e. The molecule has 0 radical (unpaired) electrons. The van der Waals surface area contributed by atoms with Crippen molar-refractivity contribution in [1.29, 1.82) is 5.26 Å². The number of esters is 1. The van der Waals surface area contributed by atoms with Gasteiger partial charge in [0.25, 0.3) is 0 Å². The van der Waals surface area contributed by atoms with Crippen LogP contribution < -0.4 is 5.32 Å². The van der Waals surface area contributed by atoms with E-state index in [0.29, 0.717) is 22.4 Å². The van der Waals surface area contributed by atoms with Crippen LogP contribution in [0.1, 0.15) is 28.4 Å². The molecule has 22 heavy (non-hydrogen) atoms. The average Bonchev–Trinajstić information content (AvgIpc) is 2.52. The lowest BCUT2D eigenvalue weighted by Gasteiger charge is -2.08. The van der Waals surface area contributed by atoms with Gasteiger partial charge in [0.2, 0.25) is 5.91 Å². The van der Waals surface area contributed by atoms with Crippen LogP contribution in [0.3, 0.4) is 0 Å². The van der Waals surface area contributed by atoms with Crippen LogP contribution in [-0.2, 0) is 16.1 Å². The first kappa shape index (κ1) is 15.3. The summed E-state index contributed by atoms with van der Waals surface area (Å²) in [5.41, 5.74) is 1.98. The first-order valence-electron chi connectivity index (χ1n) is 6.63. The van der Waals surface area contributed by atoms with Crippen LogP contribution in [0.5, 0.6) is 0 Å². The highest BCUT2D eigenvalue weighted by Crippen LogP contribution is 2.14. The van der Waals surface area contributed by atoms with Crippen molar-refractivity contribution in [1.82, 2.24) is 0 Å². The van der Waals surface area contributed by atoms with Gasteiger partial charge in [-0.05, 0) is 24.3 Å². The van der Waals surface area contributed by atoms with Crippen molar-refractivity contribution in [2.24, 2.45) is 0 Å². The number of amides is 1. The summed E-state index contributed by atoms with van der Waals surface area (Å²) < 4.78 is 5.21. The Morgan fingerprint density at radius 2 is 1.95 bits per heavy atom. The molecule has 0 atom stereocenters. The van der Waals surface area contributed by atoms with Crippen LogP contribution in [0.4, 0.5) is 5.69 Å². The number of nitriles is 1. The number of anilines is 1. The highest BCUT2D eigenvalue weighted by molar-refractivity contribution is 5.93. The average molecular weight is 294 g/mol. The van der Waals surface area contributed by atoms with Crippen molar-refractivity contribution in [2.75, 3.05) is 5.32 Å². The zero-order valence-corrected chi connectivity index (χ0v) is 12.0. The van der Waals surface area contributed by atoms with Gasteiger partial charge in [-0.15, -0.1) is 0 Å². The Morgan fingerprint density at radius 3 is 2.68 bits per heavy atom. The molecule has 2 aromatic rings. The lowest BCUT2D eigenvalue weighted by molar-refractivity contribution is -0.114. The number of benzene rings is 2. The summed E-state index contributed by atoms with van der Waals surface area (Å²) in [6.07, 6.45) is 0. The molecular formula is C17H14N2O3. The fraction of sp³-hybridized carbons (Fsp3) is 0.118. The number of nitrogens with zero attached hydrogens (tertiary/aromatic N) is 1. The summed E-state index contributed by atoms with van der Waals surface area (Å²) in [5, 5.41) is 11.6. The fourth-order valence-corrected chi connectivity index (χ4v) is 1.91. The molecule has 0 spiro atoms. The molecule has 110 valence electrons. The molecule has 0 aliphatic rings. The van der Waals surface area contributed by atoms with E-state index < -0.39 is 5.97 Å². The third-order valence-electron chi connectivity index (χ3n) is 2.92. The topological polar surface area (TPSA) is 79.2 Å². The van der Waals surface area contributed by atoms with Crippen LogP contribution in [0, 0.1) is 11.3 Å². The minimum absolute atomic E-state index is 0.0208. The molecule has 2 rings (SSSR count). The van der Waals surface area contributed by atoms with Crippen molar-refractivity contribution in [3.05, 3.63) is 65.2 Å². The lowest BCUT2D eigenvalue weighted by atomic mass is 10.1. The predicted molar refractivity (Wildman–Crippen MR) is 81.0 cm³/mol. The Balaban J connectivity index is 2.06. The van der Waals surface area contributed by atoms with E-state index in [0.717, 1.165) is 0 Å². The maximum atomic E-state index is 12.0. The van der Waals surface area contributed by atoms with Crippen LogP contribution >= 0.6 is 0 Å². The van der Waals surface area contributed by atoms with Crippen molar-refractivity contribution in [3.8, 4) is 6.07 Å². The zero-order valence-electron chi connectivity index (χ0n) is 12.0. The molecule has 2 aromatic carbocycles. The Morgan fingerprint density at radius 1 is 1.18 bits per heavy atom. The van der Waals surface area contributed by atoms with E-state index in [2.05, 4.69) is 11.4 Å². The van der Waals surface area contributed by atoms with E-state index in [4.69, 9.17) is 10.00 Å². The number of carbonyl (C=O) groups excluding carboxylic acids is 2. The first-order chi connectivity index (χ1) is 10.6. The molecule has 0 unspecified atom stereocenters. The molecule has 0 aromatic heterocycles. The third kappa shape index (κ3) is 3.93. The second-order valence-electron chi connectivity index (χ2n) is 4.61. The molecular weight excluding hydrogens is 280 g/mol. The smallest absolute Gasteiger partial charge is 0.338 e. The minimum atomic E-state index is -0.514. The molecule has 0 aliphatic heterocycles. The molecule has 1 N–H and O–H groups in total. The van der Waals surface area contributed by atoms with Crippen molar-refractivity contribution in [2.45, 2.75) is 13.5 Å². The number of nitrogens with one attached hydrogen (secondary N) is 1. The standard InChI is InChI=1S/C17H14N2O3/c1-12(20)19-16-8-4-7-13(9-16)17(21)22-11-15-6-3-2-5-14(15)10-18/h2-9H,11H2,1H3,(H,19,20). The molecule has 5 heteroatoms. The van der Waals surface area contributed by atoms with Gasteiger partial charge in [0.15, 0.2) is 0 Å². The predicted octanol–water partition coefficient (Wildman–Crippen LogP) is 2.87. The number of hydrogen-bond acceptors (Lipinski definition) is 4. The van der Waals surface area contributed by atoms with Gasteiger partial charge >= 0.3 is 5.97 Å². The number of hydrogen-bond donors (Lipinski definition) is 1. The molecule has 0 heterocycles. The zero-order chi connectivity index (χ0) is 15.9. The Labute approximate surface area is 128 Å². The third-order valence-corrected chi connectivity index (χ3v) is 2.92. The summed E-state index contributed by atoms with van der Waals surface area (Å²) in [5.74, 6) is -0.728. The Bertz CT molecular complexity index is 748. The van der Waals surface area contributed by atoms with Gasteiger partial charge in [-0.2, -0.15) is 5.26 Å². The monoisotopic (exact) mass is 294 g/mol. The normalized spacial score (nSPS) is 9.64. The van der Waals surface area contributed by atoms with Gasteiger partial charge in [0.1, 0.15) is 6.61 Å². The van der Waals surface area contributed by atoms with Gasteiger partial charge in [-0.1, -0.05) is 24.3 Å². The van der Waals surface area contributed by atoms with E-state index in [9.17, 15) is 9.59 Å². The van der Waals surface area contributed by atoms with E-state index in [-0.39, 0.29) is 12.5 Å². The van der Waals surface area contributed by atoms with Crippen LogP contribution in [0.2, 0.25) is 0 Å². The summed E-state index contributed by atoms with van der Waals surface area (Å²) in [6, 6.07) is 15.5. The van der Waals surface area contributed by atoms with Gasteiger partial charge in [0, 0.05) is 18.2 Å². The van der Waals surface area contributed by atoms with Crippen LogP contribution in [0.15, 0.2) is 48.5 Å². The highest BCUT2D eigenvalue weighted by atomic mass is 16.5. The SMILES string of the molecule is CC(=O)Nc1cccc(C(=O)OCc2ccccc2C#N)c1. The second-order valence-corrected chi connectivity index (χ2v) is 4.61. The molecule has 0 aliphatic carbocycles. The first-order valence-corrected chi connectivity index (χ1v) is 6.63. The summed E-state index contributed by atoms with van der Waals surface area (Å²) in [7, 11) is 0. The summed E-state index contributed by atoms with van der Waals surface area (Å²) in [6.45, 7) is 1.41. The molecule has 0 fully saturated rings. The maximum absolute atomic E-state index is 12.0. The van der Waals surface area contributed by atoms with E-state index >= 15 is 0 Å². The maximum Gasteiger partial charge on any atom is 0.338 e. The van der Waals surface area contributed by atoms with Gasteiger partial charge < -0.3 is 10.1 Å². The van der Waals surface area contributed by atoms with E-state index in [1.54, 1.807) is 48.5 Å². The van der Waals surface area contributed by atoms with Crippen LogP contribution in [-0.4, -0.2) is 11.9 Å². The quantitative estimate of drug-likeness (QED) is 0.879.